The van der Waals surface area contributed by atoms with Gasteiger partial charge in [0.2, 0.25) is 0 Å². The summed E-state index contributed by atoms with van der Waals surface area (Å²) in [4.78, 5) is 37.1. The average Bonchev–Trinajstić information content (AvgIpc) is 2.72. The first-order valence-corrected chi connectivity index (χ1v) is 9.17. The summed E-state index contributed by atoms with van der Waals surface area (Å²) >= 11 is 0. The van der Waals surface area contributed by atoms with Crippen LogP contribution in [0.4, 0.5) is 0 Å². The number of carbonyl (C=O) groups is 3. The van der Waals surface area contributed by atoms with Crippen molar-refractivity contribution in [1.29, 1.82) is 0 Å². The number of fused-ring (bicyclic) bond motifs is 1. The first-order valence-electron chi connectivity index (χ1n) is 9.17. The summed E-state index contributed by atoms with van der Waals surface area (Å²) in [5.74, 6) is -3.64. The van der Waals surface area contributed by atoms with Crippen LogP contribution in [0.15, 0.2) is 78.9 Å². The summed E-state index contributed by atoms with van der Waals surface area (Å²) in [6.45, 7) is 5.39. The van der Waals surface area contributed by atoms with E-state index in [0.717, 1.165) is 5.56 Å². The fourth-order valence-corrected chi connectivity index (χ4v) is 3.45. The number of rotatable bonds is 7. The summed E-state index contributed by atoms with van der Waals surface area (Å²) in [7, 11) is 0. The molecule has 0 fully saturated rings. The van der Waals surface area contributed by atoms with E-state index in [0.29, 0.717) is 10.8 Å². The number of hydrogen-bond acceptors (Lipinski definition) is 4. The van der Waals surface area contributed by atoms with E-state index in [1.54, 1.807) is 60.7 Å². The Balaban J connectivity index is 2.13. The van der Waals surface area contributed by atoms with Crippen molar-refractivity contribution in [2.75, 3.05) is 0 Å². The van der Waals surface area contributed by atoms with Gasteiger partial charge < -0.3 is 14.9 Å². The minimum atomic E-state index is -2.20. The molecule has 0 heterocycles. The van der Waals surface area contributed by atoms with Gasteiger partial charge >= 0.3 is 17.9 Å². The van der Waals surface area contributed by atoms with E-state index in [-0.39, 0.29) is 11.3 Å². The van der Waals surface area contributed by atoms with Gasteiger partial charge in [-0.3, -0.25) is 9.59 Å². The standard InChI is InChI=1S/C24H20O6/c1-15-10-12-18(13-11-15)30-21(25)14-24(23(28)29,16(2)22(26)27)20-9-5-7-17-6-3-4-8-19(17)20/h3-13H,2,14H2,1H3,(H,26,27)(H,28,29). The molecule has 0 saturated carbocycles. The Hall–Kier alpha value is -3.93. The Kier molecular flexibility index (Phi) is 5.69. The lowest BCUT2D eigenvalue weighted by Crippen LogP contribution is -2.43. The van der Waals surface area contributed by atoms with Gasteiger partial charge in [-0.15, -0.1) is 0 Å². The number of carboxylic acid groups (broad SMARTS) is 2. The molecule has 1 unspecified atom stereocenters. The van der Waals surface area contributed by atoms with Gasteiger partial charge in [-0.25, -0.2) is 4.79 Å². The van der Waals surface area contributed by atoms with E-state index < -0.39 is 35.3 Å². The van der Waals surface area contributed by atoms with Gasteiger partial charge in [0, 0.05) is 0 Å². The topological polar surface area (TPSA) is 101 Å². The van der Waals surface area contributed by atoms with Gasteiger partial charge in [-0.2, -0.15) is 0 Å². The second-order valence-corrected chi connectivity index (χ2v) is 6.98. The van der Waals surface area contributed by atoms with Crippen molar-refractivity contribution in [2.45, 2.75) is 18.8 Å². The first-order chi connectivity index (χ1) is 14.3. The van der Waals surface area contributed by atoms with E-state index in [1.165, 1.54) is 6.07 Å². The molecule has 0 aromatic heterocycles. The minimum Gasteiger partial charge on any atom is -0.480 e. The Morgan fingerprint density at radius 1 is 0.933 bits per heavy atom. The van der Waals surface area contributed by atoms with Crippen molar-refractivity contribution >= 4 is 28.7 Å². The quantitative estimate of drug-likeness (QED) is 0.349. The highest BCUT2D eigenvalue weighted by Crippen LogP contribution is 2.40. The number of aliphatic carboxylic acids is 2. The molecule has 3 rings (SSSR count). The lowest BCUT2D eigenvalue weighted by Gasteiger charge is -2.30. The molecule has 6 heteroatoms. The Morgan fingerprint density at radius 2 is 1.57 bits per heavy atom. The molecule has 2 N–H and O–H groups in total. The summed E-state index contributed by atoms with van der Waals surface area (Å²) in [5.41, 5.74) is -1.69. The summed E-state index contributed by atoms with van der Waals surface area (Å²) in [6, 6.07) is 18.5. The first kappa shape index (κ1) is 20.8. The van der Waals surface area contributed by atoms with E-state index in [4.69, 9.17) is 4.74 Å². The zero-order valence-corrected chi connectivity index (χ0v) is 16.3. The molecule has 0 amide bonds. The number of aryl methyl sites for hydroxylation is 1. The zero-order chi connectivity index (χ0) is 21.9. The Morgan fingerprint density at radius 3 is 2.20 bits per heavy atom. The third-order valence-corrected chi connectivity index (χ3v) is 5.05. The zero-order valence-electron chi connectivity index (χ0n) is 16.3. The summed E-state index contributed by atoms with van der Waals surface area (Å²) in [5, 5.41) is 21.0. The van der Waals surface area contributed by atoms with Gasteiger partial charge in [-0.1, -0.05) is 66.7 Å². The van der Waals surface area contributed by atoms with Crippen LogP contribution in [0, 0.1) is 6.92 Å². The number of hydrogen-bond donors (Lipinski definition) is 2. The van der Waals surface area contributed by atoms with Crippen LogP contribution in [-0.4, -0.2) is 28.1 Å². The van der Waals surface area contributed by atoms with Gasteiger partial charge in [0.05, 0.1) is 12.0 Å². The predicted octanol–water partition coefficient (Wildman–Crippen LogP) is 4.11. The molecule has 0 spiro atoms. The number of benzene rings is 3. The fourth-order valence-electron chi connectivity index (χ4n) is 3.45. The molecule has 6 nitrogen and oxygen atoms in total. The summed E-state index contributed by atoms with van der Waals surface area (Å²) in [6.07, 6.45) is -0.727. The predicted molar refractivity (Wildman–Crippen MR) is 111 cm³/mol. The molecule has 0 aliphatic carbocycles. The molecule has 0 aliphatic rings. The van der Waals surface area contributed by atoms with E-state index in [1.807, 2.05) is 6.92 Å². The highest BCUT2D eigenvalue weighted by molar-refractivity contribution is 6.05. The second-order valence-electron chi connectivity index (χ2n) is 6.98. The van der Waals surface area contributed by atoms with Gasteiger partial charge in [0.1, 0.15) is 11.2 Å². The second kappa shape index (κ2) is 8.21. The van der Waals surface area contributed by atoms with Crippen LogP contribution in [0.25, 0.3) is 10.8 Å². The maximum atomic E-state index is 12.7. The maximum Gasteiger partial charge on any atom is 0.332 e. The lowest BCUT2D eigenvalue weighted by molar-refractivity contribution is -0.149. The van der Waals surface area contributed by atoms with Crippen LogP contribution >= 0.6 is 0 Å². The smallest absolute Gasteiger partial charge is 0.332 e. The van der Waals surface area contributed by atoms with Crippen molar-refractivity contribution in [3.63, 3.8) is 0 Å². The molecular weight excluding hydrogens is 384 g/mol. The van der Waals surface area contributed by atoms with Crippen LogP contribution in [0.5, 0.6) is 5.75 Å². The third kappa shape index (κ3) is 3.80. The molecule has 3 aromatic carbocycles. The monoisotopic (exact) mass is 404 g/mol. The van der Waals surface area contributed by atoms with E-state index in [9.17, 15) is 24.6 Å². The SMILES string of the molecule is C=C(C(=O)O)C(CC(=O)Oc1ccc(C)cc1)(C(=O)O)c1cccc2ccccc12. The van der Waals surface area contributed by atoms with Crippen molar-refractivity contribution in [3.8, 4) is 5.75 Å². The molecule has 1 atom stereocenters. The molecule has 0 bridgehead atoms. The molecule has 0 aliphatic heterocycles. The number of carboxylic acids is 2. The number of carbonyl (C=O) groups excluding carboxylic acids is 1. The summed E-state index contributed by atoms with van der Waals surface area (Å²) < 4.78 is 5.30. The molecule has 152 valence electrons. The third-order valence-electron chi connectivity index (χ3n) is 5.05. The highest BCUT2D eigenvalue weighted by atomic mass is 16.5. The van der Waals surface area contributed by atoms with Crippen molar-refractivity contribution in [1.82, 2.24) is 0 Å². The molecule has 0 radical (unpaired) electrons. The van der Waals surface area contributed by atoms with Crippen molar-refractivity contribution in [2.24, 2.45) is 0 Å². The molecule has 30 heavy (non-hydrogen) atoms. The molecule has 0 saturated heterocycles. The van der Waals surface area contributed by atoms with Gasteiger partial charge in [0.25, 0.3) is 0 Å². The van der Waals surface area contributed by atoms with Crippen LogP contribution in [0.2, 0.25) is 0 Å². The van der Waals surface area contributed by atoms with Crippen LogP contribution < -0.4 is 4.74 Å². The van der Waals surface area contributed by atoms with E-state index in [2.05, 4.69) is 6.58 Å². The number of esters is 1. The van der Waals surface area contributed by atoms with Crippen LogP contribution in [0.1, 0.15) is 17.5 Å². The fraction of sp³-hybridized carbons (Fsp3) is 0.125. The highest BCUT2D eigenvalue weighted by Gasteiger charge is 2.49. The Labute approximate surface area is 173 Å². The number of ether oxygens (including phenoxy) is 1. The lowest BCUT2D eigenvalue weighted by atomic mass is 9.70. The Bertz CT molecular complexity index is 1140. The average molecular weight is 404 g/mol. The van der Waals surface area contributed by atoms with Crippen molar-refractivity contribution < 1.29 is 29.3 Å². The van der Waals surface area contributed by atoms with Crippen LogP contribution in [-0.2, 0) is 19.8 Å². The van der Waals surface area contributed by atoms with Crippen LogP contribution in [0.3, 0.4) is 0 Å². The largest absolute Gasteiger partial charge is 0.480 e. The molecular formula is C24H20O6. The maximum absolute atomic E-state index is 12.7. The minimum absolute atomic E-state index is 0.168. The van der Waals surface area contributed by atoms with Gasteiger partial charge in [0.15, 0.2) is 0 Å². The van der Waals surface area contributed by atoms with Crippen molar-refractivity contribution in [3.05, 3.63) is 90.0 Å². The van der Waals surface area contributed by atoms with E-state index >= 15 is 0 Å². The van der Waals surface area contributed by atoms with Gasteiger partial charge in [-0.05, 0) is 35.4 Å². The normalized spacial score (nSPS) is 12.7. The molecule has 3 aromatic rings.